The number of carbonyl (C=O) groups excluding carboxylic acids is 2. The highest BCUT2D eigenvalue weighted by Crippen LogP contribution is 2.26. The van der Waals surface area contributed by atoms with Crippen molar-refractivity contribution < 1.29 is 9.59 Å². The summed E-state index contributed by atoms with van der Waals surface area (Å²) in [7, 11) is 0. The van der Waals surface area contributed by atoms with Crippen LogP contribution in [0.5, 0.6) is 0 Å². The molecule has 2 aliphatic rings. The molecule has 0 atom stereocenters. The second kappa shape index (κ2) is 6.18. The lowest BCUT2D eigenvalue weighted by Crippen LogP contribution is -2.38. The smallest absolute Gasteiger partial charge is 0.220 e. The summed E-state index contributed by atoms with van der Waals surface area (Å²) >= 11 is 0. The van der Waals surface area contributed by atoms with Gasteiger partial charge in [0.25, 0.3) is 0 Å². The molecule has 1 N–H and O–H groups in total. The van der Waals surface area contributed by atoms with Crippen LogP contribution in [0.2, 0.25) is 0 Å². The zero-order valence-electron chi connectivity index (χ0n) is 10.5. The second-order valence-electron chi connectivity index (χ2n) is 5.59. The van der Waals surface area contributed by atoms with Crippen molar-refractivity contribution in [2.24, 2.45) is 5.92 Å². The molecule has 0 saturated heterocycles. The van der Waals surface area contributed by atoms with E-state index in [1.807, 2.05) is 0 Å². The maximum absolute atomic E-state index is 11.9. The summed E-state index contributed by atoms with van der Waals surface area (Å²) in [6.45, 7) is 0. The zero-order valence-corrected chi connectivity index (χ0v) is 10.5. The molecule has 0 aromatic rings. The predicted octanol–water partition coefficient (Wildman–Crippen LogP) is 2.58. The molecule has 0 aliphatic heterocycles. The summed E-state index contributed by atoms with van der Waals surface area (Å²) in [6, 6.07) is 0.254. The zero-order chi connectivity index (χ0) is 12.1. The lowest BCUT2D eigenvalue weighted by molar-refractivity contribution is -0.125. The molecule has 0 unspecified atom stereocenters. The van der Waals surface area contributed by atoms with Gasteiger partial charge in [-0.1, -0.05) is 19.3 Å². The molecule has 0 bridgehead atoms. The number of carbonyl (C=O) groups is 2. The molecule has 0 radical (unpaired) electrons. The quantitative estimate of drug-likeness (QED) is 0.820. The van der Waals surface area contributed by atoms with Gasteiger partial charge in [0.1, 0.15) is 5.78 Å². The molecular formula is C14H23NO2. The highest BCUT2D eigenvalue weighted by molar-refractivity contribution is 5.80. The van der Waals surface area contributed by atoms with E-state index in [4.69, 9.17) is 0 Å². The van der Waals surface area contributed by atoms with Crippen molar-refractivity contribution >= 4 is 11.7 Å². The van der Waals surface area contributed by atoms with E-state index in [9.17, 15) is 9.59 Å². The van der Waals surface area contributed by atoms with Gasteiger partial charge in [-0.2, -0.15) is 0 Å². The largest absolute Gasteiger partial charge is 0.353 e. The van der Waals surface area contributed by atoms with Crippen molar-refractivity contribution in [3.8, 4) is 0 Å². The van der Waals surface area contributed by atoms with Gasteiger partial charge < -0.3 is 5.32 Å². The Hall–Kier alpha value is -0.860. The van der Waals surface area contributed by atoms with Crippen molar-refractivity contribution in [2.45, 2.75) is 70.3 Å². The van der Waals surface area contributed by atoms with Crippen LogP contribution in [0, 0.1) is 5.92 Å². The topological polar surface area (TPSA) is 46.2 Å². The van der Waals surface area contributed by atoms with Crippen LogP contribution < -0.4 is 5.32 Å². The SMILES string of the molecule is O=C1CCC(NC(=O)CC2CCCCC2)CC1. The summed E-state index contributed by atoms with van der Waals surface area (Å²) in [6.07, 6.45) is 10.0. The van der Waals surface area contributed by atoms with E-state index >= 15 is 0 Å². The van der Waals surface area contributed by atoms with E-state index in [1.54, 1.807) is 0 Å². The molecular weight excluding hydrogens is 214 g/mol. The summed E-state index contributed by atoms with van der Waals surface area (Å²) in [5.74, 6) is 1.16. The molecule has 2 rings (SSSR count). The van der Waals surface area contributed by atoms with E-state index in [2.05, 4.69) is 5.32 Å². The van der Waals surface area contributed by atoms with Gasteiger partial charge in [0.05, 0.1) is 0 Å². The van der Waals surface area contributed by atoms with Crippen LogP contribution in [0.4, 0.5) is 0 Å². The van der Waals surface area contributed by atoms with Crippen LogP contribution in [0.3, 0.4) is 0 Å². The minimum absolute atomic E-state index is 0.205. The monoisotopic (exact) mass is 237 g/mol. The van der Waals surface area contributed by atoms with Gasteiger partial charge in [-0.3, -0.25) is 9.59 Å². The first kappa shape index (κ1) is 12.6. The molecule has 0 aromatic heterocycles. The fraction of sp³-hybridized carbons (Fsp3) is 0.857. The molecule has 17 heavy (non-hydrogen) atoms. The van der Waals surface area contributed by atoms with E-state index in [0.717, 1.165) is 12.8 Å². The molecule has 0 heterocycles. The van der Waals surface area contributed by atoms with Crippen LogP contribution in [-0.2, 0) is 9.59 Å². The number of hydrogen-bond donors (Lipinski definition) is 1. The van der Waals surface area contributed by atoms with E-state index in [0.29, 0.717) is 31.0 Å². The first-order chi connectivity index (χ1) is 8.24. The van der Waals surface area contributed by atoms with Crippen LogP contribution >= 0.6 is 0 Å². The molecule has 3 nitrogen and oxygen atoms in total. The Bertz CT molecular complexity index is 272. The lowest BCUT2D eigenvalue weighted by Gasteiger charge is -2.25. The van der Waals surface area contributed by atoms with Crippen molar-refractivity contribution in [2.75, 3.05) is 0 Å². The van der Waals surface area contributed by atoms with Crippen molar-refractivity contribution in [1.82, 2.24) is 5.32 Å². The normalized spacial score (nSPS) is 23.6. The molecule has 0 spiro atoms. The Morgan fingerprint density at radius 2 is 1.71 bits per heavy atom. The number of nitrogens with one attached hydrogen (secondary N) is 1. The van der Waals surface area contributed by atoms with Crippen molar-refractivity contribution in [1.29, 1.82) is 0 Å². The summed E-state index contributed by atoms with van der Waals surface area (Å²) < 4.78 is 0. The standard InChI is InChI=1S/C14H23NO2/c16-13-8-6-12(7-9-13)15-14(17)10-11-4-2-1-3-5-11/h11-12H,1-10H2,(H,15,17). The molecule has 1 amide bonds. The van der Waals surface area contributed by atoms with Crippen molar-refractivity contribution in [3.05, 3.63) is 0 Å². The minimum Gasteiger partial charge on any atom is -0.353 e. The fourth-order valence-electron chi connectivity index (χ4n) is 3.02. The summed E-state index contributed by atoms with van der Waals surface area (Å²) in [4.78, 5) is 23.0. The van der Waals surface area contributed by atoms with Crippen molar-refractivity contribution in [3.63, 3.8) is 0 Å². The minimum atomic E-state index is 0.205. The molecule has 2 fully saturated rings. The molecule has 96 valence electrons. The van der Waals surface area contributed by atoms with Gasteiger partial charge in [-0.15, -0.1) is 0 Å². The van der Waals surface area contributed by atoms with Gasteiger partial charge in [0.2, 0.25) is 5.91 Å². The third kappa shape index (κ3) is 4.14. The third-order valence-electron chi connectivity index (χ3n) is 4.11. The van der Waals surface area contributed by atoms with E-state index < -0.39 is 0 Å². The van der Waals surface area contributed by atoms with Gasteiger partial charge in [0.15, 0.2) is 0 Å². The number of Topliss-reactive ketones (excluding diaryl/α,β-unsaturated/α-hetero) is 1. The lowest BCUT2D eigenvalue weighted by atomic mass is 9.86. The Balaban J connectivity index is 1.67. The fourth-order valence-corrected chi connectivity index (χ4v) is 3.02. The van der Waals surface area contributed by atoms with E-state index in [-0.39, 0.29) is 11.9 Å². The predicted molar refractivity (Wildman–Crippen MR) is 66.6 cm³/mol. The highest BCUT2D eigenvalue weighted by atomic mass is 16.1. The first-order valence-corrected chi connectivity index (χ1v) is 7.05. The average Bonchev–Trinajstić information content (AvgIpc) is 2.33. The second-order valence-corrected chi connectivity index (χ2v) is 5.59. The third-order valence-corrected chi connectivity index (χ3v) is 4.11. The number of hydrogen-bond acceptors (Lipinski definition) is 2. The number of rotatable bonds is 3. The van der Waals surface area contributed by atoms with Gasteiger partial charge >= 0.3 is 0 Å². The Kier molecular flexibility index (Phi) is 4.57. The molecule has 2 aliphatic carbocycles. The van der Waals surface area contributed by atoms with Crippen LogP contribution in [0.15, 0.2) is 0 Å². The highest BCUT2D eigenvalue weighted by Gasteiger charge is 2.22. The molecule has 2 saturated carbocycles. The number of amides is 1. The average molecular weight is 237 g/mol. The Morgan fingerprint density at radius 1 is 1.06 bits per heavy atom. The molecule has 3 heteroatoms. The first-order valence-electron chi connectivity index (χ1n) is 7.05. The maximum atomic E-state index is 11.9. The maximum Gasteiger partial charge on any atom is 0.220 e. The van der Waals surface area contributed by atoms with Crippen LogP contribution in [0.1, 0.15) is 64.2 Å². The van der Waals surface area contributed by atoms with Gasteiger partial charge in [-0.25, -0.2) is 0 Å². The van der Waals surface area contributed by atoms with Gasteiger partial charge in [-0.05, 0) is 31.6 Å². The number of ketones is 1. The van der Waals surface area contributed by atoms with E-state index in [1.165, 1.54) is 32.1 Å². The van der Waals surface area contributed by atoms with Gasteiger partial charge in [0, 0.05) is 25.3 Å². The summed E-state index contributed by atoms with van der Waals surface area (Å²) in [5.41, 5.74) is 0. The van der Waals surface area contributed by atoms with Crippen LogP contribution in [0.25, 0.3) is 0 Å². The Labute approximate surface area is 103 Å². The molecule has 0 aromatic carbocycles. The summed E-state index contributed by atoms with van der Waals surface area (Å²) in [5, 5.41) is 3.10. The Morgan fingerprint density at radius 3 is 2.35 bits per heavy atom. The van der Waals surface area contributed by atoms with Crippen LogP contribution in [-0.4, -0.2) is 17.7 Å².